The molecule has 0 aliphatic carbocycles. The third-order valence-electron chi connectivity index (χ3n) is 4.53. The fourth-order valence-corrected chi connectivity index (χ4v) is 3.45. The zero-order chi connectivity index (χ0) is 15.0. The van der Waals surface area contributed by atoms with Gasteiger partial charge in [0, 0.05) is 26.7 Å². The Bertz CT molecular complexity index is 511. The number of likely N-dealkylation sites (tertiary alicyclic amines) is 1. The summed E-state index contributed by atoms with van der Waals surface area (Å²) in [6.45, 7) is 3.82. The summed E-state index contributed by atoms with van der Waals surface area (Å²) < 4.78 is 11.7. The first-order valence-corrected chi connectivity index (χ1v) is 7.70. The lowest BCUT2D eigenvalue weighted by Crippen LogP contribution is -2.47. The zero-order valence-corrected chi connectivity index (χ0v) is 13.0. The fourth-order valence-electron chi connectivity index (χ4n) is 3.45. The van der Waals surface area contributed by atoms with E-state index >= 15 is 0 Å². The maximum Gasteiger partial charge on any atom is 0.251 e. The molecule has 5 heteroatoms. The minimum atomic E-state index is -0.257. The number of hydrogen-bond donors (Lipinski definition) is 0. The highest BCUT2D eigenvalue weighted by atomic mass is 16.5. The van der Waals surface area contributed by atoms with Gasteiger partial charge in [0.15, 0.2) is 0 Å². The molecule has 0 radical (unpaired) electrons. The van der Waals surface area contributed by atoms with E-state index < -0.39 is 0 Å². The van der Waals surface area contributed by atoms with Gasteiger partial charge in [0.1, 0.15) is 17.6 Å². The number of hydrogen-bond acceptors (Lipinski definition) is 4. The van der Waals surface area contributed by atoms with Crippen molar-refractivity contribution in [3.05, 3.63) is 23.7 Å². The third-order valence-corrected chi connectivity index (χ3v) is 4.53. The summed E-state index contributed by atoms with van der Waals surface area (Å²) in [6, 6.07) is 4.47. The molecule has 2 aliphatic rings. The molecule has 0 spiro atoms. The molecule has 0 N–H and O–H groups in total. The summed E-state index contributed by atoms with van der Waals surface area (Å²) in [7, 11) is 3.58. The SMILES string of the molecule is Cc1ccc(CN2CC[C@H]3O[C@H](C(=O)N(C)C)CC[C@H]32)o1. The van der Waals surface area contributed by atoms with Crippen LogP contribution < -0.4 is 0 Å². The fraction of sp³-hybridized carbons (Fsp3) is 0.688. The van der Waals surface area contributed by atoms with E-state index in [4.69, 9.17) is 9.15 Å². The molecule has 0 unspecified atom stereocenters. The molecular weight excluding hydrogens is 268 g/mol. The smallest absolute Gasteiger partial charge is 0.251 e. The van der Waals surface area contributed by atoms with Crippen molar-refractivity contribution < 1.29 is 13.9 Å². The molecule has 1 aromatic rings. The second kappa shape index (κ2) is 5.81. The minimum absolute atomic E-state index is 0.0913. The third kappa shape index (κ3) is 2.99. The Hall–Kier alpha value is -1.33. The molecule has 0 bridgehead atoms. The van der Waals surface area contributed by atoms with Gasteiger partial charge in [-0.1, -0.05) is 0 Å². The first kappa shape index (κ1) is 14.6. The zero-order valence-electron chi connectivity index (χ0n) is 13.0. The lowest BCUT2D eigenvalue weighted by molar-refractivity contribution is -0.152. The maximum absolute atomic E-state index is 12.0. The van der Waals surface area contributed by atoms with Crippen LogP contribution in [0.2, 0.25) is 0 Å². The van der Waals surface area contributed by atoms with Gasteiger partial charge in [0.2, 0.25) is 0 Å². The summed E-state index contributed by atoms with van der Waals surface area (Å²) in [6.07, 6.45) is 2.76. The van der Waals surface area contributed by atoms with Gasteiger partial charge in [0.25, 0.3) is 5.91 Å². The highest BCUT2D eigenvalue weighted by molar-refractivity contribution is 5.80. The van der Waals surface area contributed by atoms with Crippen LogP contribution in [-0.2, 0) is 16.1 Å². The van der Waals surface area contributed by atoms with E-state index in [1.807, 2.05) is 19.1 Å². The van der Waals surface area contributed by atoms with Crippen molar-refractivity contribution >= 4 is 5.91 Å². The lowest BCUT2D eigenvalue weighted by Gasteiger charge is -2.36. The molecule has 3 rings (SSSR count). The number of furan rings is 1. The number of aryl methyl sites for hydroxylation is 1. The van der Waals surface area contributed by atoms with Crippen LogP contribution in [0.3, 0.4) is 0 Å². The molecule has 0 aromatic carbocycles. The van der Waals surface area contributed by atoms with Crippen molar-refractivity contribution in [2.45, 2.75) is 51.0 Å². The molecule has 3 heterocycles. The molecule has 116 valence electrons. The molecule has 3 atom stereocenters. The Morgan fingerprint density at radius 3 is 2.81 bits per heavy atom. The van der Waals surface area contributed by atoms with Crippen LogP contribution >= 0.6 is 0 Å². The van der Waals surface area contributed by atoms with Crippen LogP contribution in [0.5, 0.6) is 0 Å². The number of nitrogens with zero attached hydrogens (tertiary/aromatic N) is 2. The van der Waals surface area contributed by atoms with Gasteiger partial charge in [-0.05, 0) is 38.3 Å². The van der Waals surface area contributed by atoms with E-state index in [0.717, 1.165) is 43.9 Å². The van der Waals surface area contributed by atoms with Gasteiger partial charge in [0.05, 0.1) is 12.6 Å². The number of carbonyl (C=O) groups excluding carboxylic acids is 1. The van der Waals surface area contributed by atoms with Gasteiger partial charge in [-0.25, -0.2) is 0 Å². The number of fused-ring (bicyclic) bond motifs is 1. The van der Waals surface area contributed by atoms with Crippen LogP contribution in [0.1, 0.15) is 30.8 Å². The summed E-state index contributed by atoms with van der Waals surface area (Å²) in [4.78, 5) is 16.1. The largest absolute Gasteiger partial charge is 0.465 e. The maximum atomic E-state index is 12.0. The first-order chi connectivity index (χ1) is 10.0. The molecule has 0 saturated carbocycles. The normalized spacial score (nSPS) is 29.4. The molecule has 5 nitrogen and oxygen atoms in total. The molecule has 21 heavy (non-hydrogen) atoms. The van der Waals surface area contributed by atoms with Crippen molar-refractivity contribution in [2.75, 3.05) is 20.6 Å². The van der Waals surface area contributed by atoms with E-state index in [-0.39, 0.29) is 18.1 Å². The summed E-state index contributed by atoms with van der Waals surface area (Å²) in [5.41, 5.74) is 0. The van der Waals surface area contributed by atoms with Crippen LogP contribution in [-0.4, -0.2) is 54.6 Å². The van der Waals surface area contributed by atoms with E-state index in [1.54, 1.807) is 19.0 Å². The van der Waals surface area contributed by atoms with Gasteiger partial charge in [-0.15, -0.1) is 0 Å². The predicted molar refractivity (Wildman–Crippen MR) is 78.8 cm³/mol. The average Bonchev–Trinajstić information content (AvgIpc) is 3.05. The average molecular weight is 292 g/mol. The molecule has 2 fully saturated rings. The van der Waals surface area contributed by atoms with Crippen LogP contribution in [0.4, 0.5) is 0 Å². The number of carbonyl (C=O) groups is 1. The van der Waals surface area contributed by atoms with Gasteiger partial charge < -0.3 is 14.1 Å². The van der Waals surface area contributed by atoms with Crippen LogP contribution in [0, 0.1) is 6.92 Å². The number of rotatable bonds is 3. The molecule has 2 saturated heterocycles. The van der Waals surface area contributed by atoms with Crippen LogP contribution in [0.25, 0.3) is 0 Å². The quantitative estimate of drug-likeness (QED) is 0.852. The molecule has 1 aromatic heterocycles. The van der Waals surface area contributed by atoms with Gasteiger partial charge in [-0.2, -0.15) is 0 Å². The Morgan fingerprint density at radius 2 is 2.14 bits per heavy atom. The number of ether oxygens (including phenoxy) is 1. The van der Waals surface area contributed by atoms with Gasteiger partial charge >= 0.3 is 0 Å². The standard InChI is InChI=1S/C16H24N2O3/c1-11-4-5-12(20-11)10-18-9-8-14-13(18)6-7-15(21-14)16(19)17(2)3/h4-5,13-15H,6-10H2,1-3H3/t13-,14-,15+/m1/s1. The Morgan fingerprint density at radius 1 is 1.33 bits per heavy atom. The summed E-state index contributed by atoms with van der Waals surface area (Å²) >= 11 is 0. The Labute approximate surface area is 125 Å². The molecular formula is C16H24N2O3. The first-order valence-electron chi connectivity index (χ1n) is 7.70. The molecule has 1 amide bonds. The second-order valence-electron chi connectivity index (χ2n) is 6.31. The van der Waals surface area contributed by atoms with Crippen LogP contribution in [0.15, 0.2) is 16.5 Å². The minimum Gasteiger partial charge on any atom is -0.465 e. The Kier molecular flexibility index (Phi) is 4.04. The highest BCUT2D eigenvalue weighted by Crippen LogP contribution is 2.33. The van der Waals surface area contributed by atoms with E-state index in [1.165, 1.54) is 0 Å². The number of likely N-dealkylation sites (N-methyl/N-ethyl adjacent to an activating group) is 1. The topological polar surface area (TPSA) is 45.9 Å². The van der Waals surface area contributed by atoms with Crippen molar-refractivity contribution in [3.63, 3.8) is 0 Å². The van der Waals surface area contributed by atoms with Crippen molar-refractivity contribution in [1.82, 2.24) is 9.80 Å². The summed E-state index contributed by atoms with van der Waals surface area (Å²) in [5, 5.41) is 0. The second-order valence-corrected chi connectivity index (χ2v) is 6.31. The monoisotopic (exact) mass is 292 g/mol. The van der Waals surface area contributed by atoms with Gasteiger partial charge in [-0.3, -0.25) is 9.69 Å². The lowest BCUT2D eigenvalue weighted by atomic mass is 9.98. The molecule has 2 aliphatic heterocycles. The van der Waals surface area contributed by atoms with Crippen molar-refractivity contribution in [1.29, 1.82) is 0 Å². The van der Waals surface area contributed by atoms with E-state index in [9.17, 15) is 4.79 Å². The van der Waals surface area contributed by atoms with Crippen molar-refractivity contribution in [2.24, 2.45) is 0 Å². The number of amides is 1. The highest BCUT2D eigenvalue weighted by Gasteiger charge is 2.42. The Balaban J connectivity index is 1.60. The summed E-state index contributed by atoms with van der Waals surface area (Å²) in [5.74, 6) is 2.06. The van der Waals surface area contributed by atoms with E-state index in [0.29, 0.717) is 6.04 Å². The van der Waals surface area contributed by atoms with E-state index in [2.05, 4.69) is 4.90 Å². The predicted octanol–water partition coefficient (Wildman–Crippen LogP) is 1.80. The van der Waals surface area contributed by atoms with Crippen molar-refractivity contribution in [3.8, 4) is 0 Å².